The molecule has 21 heavy (non-hydrogen) atoms. The number of oxazole rings is 1. The molecule has 0 saturated heterocycles. The van der Waals surface area contributed by atoms with Crippen molar-refractivity contribution < 1.29 is 4.42 Å². The van der Waals surface area contributed by atoms with E-state index in [0.717, 1.165) is 29.2 Å². The molecule has 2 fully saturated rings. The molecule has 2 unspecified atom stereocenters. The number of rotatable bonds is 4. The quantitative estimate of drug-likeness (QED) is 0.900. The molecular weight excluding hydrogens is 262 g/mol. The Kier molecular flexibility index (Phi) is 3.34. The first-order chi connectivity index (χ1) is 10.3. The van der Waals surface area contributed by atoms with Gasteiger partial charge < -0.3 is 15.5 Å². The van der Waals surface area contributed by atoms with Crippen molar-refractivity contribution in [3.05, 3.63) is 24.1 Å². The van der Waals surface area contributed by atoms with Gasteiger partial charge in [0.05, 0.1) is 0 Å². The van der Waals surface area contributed by atoms with Gasteiger partial charge in [-0.25, -0.2) is 4.98 Å². The maximum absolute atomic E-state index is 5.91. The van der Waals surface area contributed by atoms with Crippen LogP contribution >= 0.6 is 0 Å². The van der Waals surface area contributed by atoms with E-state index in [9.17, 15) is 0 Å². The van der Waals surface area contributed by atoms with E-state index < -0.39 is 0 Å². The van der Waals surface area contributed by atoms with Gasteiger partial charge in [-0.1, -0.05) is 12.8 Å². The lowest BCUT2D eigenvalue weighted by atomic mass is 9.84. The Balaban J connectivity index is 1.55. The van der Waals surface area contributed by atoms with Crippen LogP contribution in [-0.2, 0) is 0 Å². The van der Waals surface area contributed by atoms with Gasteiger partial charge in [0.1, 0.15) is 5.52 Å². The van der Waals surface area contributed by atoms with Gasteiger partial charge in [0.2, 0.25) is 0 Å². The van der Waals surface area contributed by atoms with Crippen LogP contribution < -0.4 is 11.1 Å². The summed E-state index contributed by atoms with van der Waals surface area (Å²) in [5.74, 6) is 2.07. The average molecular weight is 285 g/mol. The third-order valence-electron chi connectivity index (χ3n) is 4.89. The van der Waals surface area contributed by atoms with Gasteiger partial charge in [0.15, 0.2) is 11.5 Å². The summed E-state index contributed by atoms with van der Waals surface area (Å²) >= 11 is 0. The van der Waals surface area contributed by atoms with Crippen LogP contribution in [0, 0.1) is 5.92 Å². The van der Waals surface area contributed by atoms with Gasteiger partial charge in [-0.05, 0) is 56.3 Å². The van der Waals surface area contributed by atoms with E-state index in [0.29, 0.717) is 17.9 Å². The van der Waals surface area contributed by atoms with Gasteiger partial charge in [-0.2, -0.15) is 0 Å². The number of benzene rings is 1. The highest BCUT2D eigenvalue weighted by atomic mass is 16.3. The number of hydrogen-bond donors (Lipinski definition) is 2. The minimum atomic E-state index is 0.496. The fourth-order valence-corrected chi connectivity index (χ4v) is 3.43. The predicted molar refractivity (Wildman–Crippen MR) is 84.4 cm³/mol. The van der Waals surface area contributed by atoms with Crippen LogP contribution in [0.5, 0.6) is 0 Å². The molecule has 0 amide bonds. The molecule has 2 aliphatic rings. The Labute approximate surface area is 125 Å². The van der Waals surface area contributed by atoms with Crippen LogP contribution in [0.25, 0.3) is 11.1 Å². The van der Waals surface area contributed by atoms with Crippen LogP contribution in [0.4, 0.5) is 5.69 Å². The number of fused-ring (bicyclic) bond motifs is 1. The second-order valence-electron chi connectivity index (χ2n) is 6.54. The maximum Gasteiger partial charge on any atom is 0.198 e. The number of nitrogens with zero attached hydrogens (tertiary/aromatic N) is 1. The van der Waals surface area contributed by atoms with Crippen molar-refractivity contribution in [1.29, 1.82) is 0 Å². The third kappa shape index (κ3) is 2.64. The first-order valence-electron chi connectivity index (χ1n) is 8.20. The lowest BCUT2D eigenvalue weighted by Crippen LogP contribution is -2.36. The predicted octanol–water partition coefficient (Wildman–Crippen LogP) is 3.63. The van der Waals surface area contributed by atoms with Crippen molar-refractivity contribution in [2.24, 2.45) is 11.7 Å². The molecule has 0 bridgehead atoms. The summed E-state index contributed by atoms with van der Waals surface area (Å²) in [6, 6.07) is 6.76. The van der Waals surface area contributed by atoms with Crippen LogP contribution in [0.2, 0.25) is 0 Å². The van der Waals surface area contributed by atoms with Gasteiger partial charge in [0, 0.05) is 17.6 Å². The molecule has 4 nitrogen and oxygen atoms in total. The summed E-state index contributed by atoms with van der Waals surface area (Å²) in [5.41, 5.74) is 8.93. The summed E-state index contributed by atoms with van der Waals surface area (Å²) in [4.78, 5) is 4.64. The van der Waals surface area contributed by atoms with Gasteiger partial charge in [0.25, 0.3) is 0 Å². The molecule has 1 heterocycles. The molecule has 0 radical (unpaired) electrons. The average Bonchev–Trinajstić information content (AvgIpc) is 3.28. The number of aromatic nitrogens is 1. The molecule has 4 heteroatoms. The van der Waals surface area contributed by atoms with Crippen LogP contribution in [0.1, 0.15) is 50.3 Å². The largest absolute Gasteiger partial charge is 0.440 e. The fraction of sp³-hybridized carbons (Fsp3) is 0.588. The Morgan fingerprint density at radius 3 is 2.86 bits per heavy atom. The molecule has 1 aromatic heterocycles. The van der Waals surface area contributed by atoms with E-state index in [1.165, 1.54) is 38.5 Å². The number of hydrogen-bond acceptors (Lipinski definition) is 4. The Morgan fingerprint density at radius 2 is 2.05 bits per heavy atom. The van der Waals surface area contributed by atoms with Gasteiger partial charge >= 0.3 is 0 Å². The molecule has 4 rings (SSSR count). The first-order valence-corrected chi connectivity index (χ1v) is 8.20. The van der Waals surface area contributed by atoms with Crippen LogP contribution in [0.3, 0.4) is 0 Å². The lowest BCUT2D eigenvalue weighted by Gasteiger charge is -2.32. The molecule has 2 aliphatic carbocycles. The van der Waals surface area contributed by atoms with Crippen LogP contribution in [0.15, 0.2) is 22.6 Å². The SMILES string of the molecule is NCC1CCCCC1Nc1ccc2oc(C3CC3)nc2c1. The highest BCUT2D eigenvalue weighted by Gasteiger charge is 2.29. The highest BCUT2D eigenvalue weighted by molar-refractivity contribution is 5.77. The molecule has 2 atom stereocenters. The number of anilines is 1. The zero-order valence-corrected chi connectivity index (χ0v) is 12.3. The zero-order chi connectivity index (χ0) is 14.2. The summed E-state index contributed by atoms with van der Waals surface area (Å²) in [6.07, 6.45) is 7.51. The summed E-state index contributed by atoms with van der Waals surface area (Å²) in [7, 11) is 0. The van der Waals surface area contributed by atoms with E-state index in [2.05, 4.69) is 22.4 Å². The molecule has 0 aliphatic heterocycles. The van der Waals surface area contributed by atoms with E-state index in [1.54, 1.807) is 0 Å². The third-order valence-corrected chi connectivity index (χ3v) is 4.89. The second kappa shape index (κ2) is 5.34. The van der Waals surface area contributed by atoms with Crippen molar-refractivity contribution in [2.75, 3.05) is 11.9 Å². The van der Waals surface area contributed by atoms with E-state index in [4.69, 9.17) is 10.2 Å². The summed E-state index contributed by atoms with van der Waals surface area (Å²) in [5, 5.41) is 3.67. The van der Waals surface area contributed by atoms with Crippen molar-refractivity contribution in [1.82, 2.24) is 4.98 Å². The fourth-order valence-electron chi connectivity index (χ4n) is 3.43. The molecule has 2 aromatic rings. The van der Waals surface area contributed by atoms with Crippen molar-refractivity contribution >= 4 is 16.8 Å². The second-order valence-corrected chi connectivity index (χ2v) is 6.54. The Hall–Kier alpha value is -1.55. The van der Waals surface area contributed by atoms with Crippen molar-refractivity contribution in [3.63, 3.8) is 0 Å². The molecule has 112 valence electrons. The first kappa shape index (κ1) is 13.1. The van der Waals surface area contributed by atoms with Gasteiger partial charge in [-0.15, -0.1) is 0 Å². The van der Waals surface area contributed by atoms with Gasteiger partial charge in [-0.3, -0.25) is 0 Å². The molecule has 1 aromatic carbocycles. The molecular formula is C17H23N3O. The highest BCUT2D eigenvalue weighted by Crippen LogP contribution is 2.40. The van der Waals surface area contributed by atoms with E-state index in [-0.39, 0.29) is 0 Å². The normalized spacial score (nSPS) is 26.1. The number of nitrogens with one attached hydrogen (secondary N) is 1. The standard InChI is InChI=1S/C17H23N3O/c18-10-12-3-1-2-4-14(12)19-13-7-8-16-15(9-13)20-17(21-16)11-5-6-11/h7-9,11-12,14,19H,1-6,10,18H2. The lowest BCUT2D eigenvalue weighted by molar-refractivity contribution is 0.332. The summed E-state index contributed by atoms with van der Waals surface area (Å²) < 4.78 is 5.82. The van der Waals surface area contributed by atoms with E-state index >= 15 is 0 Å². The molecule has 2 saturated carbocycles. The molecule has 0 spiro atoms. The van der Waals surface area contributed by atoms with E-state index in [1.807, 2.05) is 6.07 Å². The van der Waals surface area contributed by atoms with Crippen LogP contribution in [-0.4, -0.2) is 17.6 Å². The Morgan fingerprint density at radius 1 is 1.19 bits per heavy atom. The number of nitrogens with two attached hydrogens (primary N) is 1. The monoisotopic (exact) mass is 285 g/mol. The zero-order valence-electron chi connectivity index (χ0n) is 12.3. The minimum absolute atomic E-state index is 0.496. The molecule has 3 N–H and O–H groups in total. The Bertz CT molecular complexity index is 632. The maximum atomic E-state index is 5.91. The topological polar surface area (TPSA) is 64.1 Å². The van der Waals surface area contributed by atoms with Crippen molar-refractivity contribution in [3.8, 4) is 0 Å². The smallest absolute Gasteiger partial charge is 0.198 e. The van der Waals surface area contributed by atoms with Crippen molar-refractivity contribution in [2.45, 2.75) is 50.5 Å². The minimum Gasteiger partial charge on any atom is -0.440 e. The summed E-state index contributed by atoms with van der Waals surface area (Å²) in [6.45, 7) is 0.774.